The minimum absolute atomic E-state index is 0.0942. The van der Waals surface area contributed by atoms with E-state index in [4.69, 9.17) is 19.3 Å². The molecular weight excluding hydrogens is 408 g/mol. The van der Waals surface area contributed by atoms with Crippen molar-refractivity contribution in [2.24, 2.45) is 0 Å². The summed E-state index contributed by atoms with van der Waals surface area (Å²) in [5, 5.41) is 9.60. The largest absolute Gasteiger partial charge is 0.497 e. The second-order valence-electron chi connectivity index (χ2n) is 7.14. The molecule has 156 valence electrons. The number of hydrogen-bond acceptors (Lipinski definition) is 8. The molecule has 6 rings (SSSR count). The van der Waals surface area contributed by atoms with Crippen molar-refractivity contribution in [1.29, 1.82) is 0 Å². The minimum Gasteiger partial charge on any atom is -0.497 e. The molecule has 0 spiro atoms. The predicted molar refractivity (Wildman–Crippen MR) is 118 cm³/mol. The van der Waals surface area contributed by atoms with Crippen molar-refractivity contribution in [1.82, 2.24) is 25.0 Å². The highest BCUT2D eigenvalue weighted by Crippen LogP contribution is 2.37. The van der Waals surface area contributed by atoms with Crippen LogP contribution in [-0.4, -0.2) is 32.1 Å². The van der Waals surface area contributed by atoms with Gasteiger partial charge in [-0.3, -0.25) is 0 Å². The van der Waals surface area contributed by atoms with Crippen LogP contribution in [0.1, 0.15) is 0 Å². The first kappa shape index (κ1) is 18.1. The smallest absolute Gasteiger partial charge is 0.222 e. The lowest BCUT2D eigenvalue weighted by atomic mass is 10.0. The summed E-state index contributed by atoms with van der Waals surface area (Å²) in [7, 11) is 1.61. The number of nitrogens with zero attached hydrogens (tertiary/aromatic N) is 5. The lowest BCUT2D eigenvalue weighted by Gasteiger charge is -2.14. The van der Waals surface area contributed by atoms with Gasteiger partial charge >= 0.3 is 0 Å². The lowest BCUT2D eigenvalue weighted by molar-refractivity contribution is 0.415. The standard InChI is InChI=1S/C23H16N6O3/c1-30-15-5-6-17-16(12-15)27-28-29(17)22-20(14-4-7-18-13(11-14)8-10-32-18)21(25-23(24)26-22)19-3-2-9-31-19/h2-12H,1H3,(H2,24,25,26). The Hall–Kier alpha value is -4.66. The van der Waals surface area contributed by atoms with Crippen LogP contribution in [0.2, 0.25) is 0 Å². The predicted octanol–water partition coefficient (Wildman–Crippen LogP) is 4.47. The number of nitrogen functional groups attached to an aromatic ring is 1. The van der Waals surface area contributed by atoms with Crippen LogP contribution in [0, 0.1) is 0 Å². The van der Waals surface area contributed by atoms with Crippen molar-refractivity contribution < 1.29 is 13.6 Å². The summed E-state index contributed by atoms with van der Waals surface area (Å²) in [6.07, 6.45) is 3.24. The summed E-state index contributed by atoms with van der Waals surface area (Å²) in [4.78, 5) is 9.06. The number of methoxy groups -OCH3 is 1. The molecule has 4 aromatic heterocycles. The molecule has 2 N–H and O–H groups in total. The van der Waals surface area contributed by atoms with E-state index < -0.39 is 0 Å². The van der Waals surface area contributed by atoms with E-state index in [9.17, 15) is 0 Å². The fraction of sp³-hybridized carbons (Fsp3) is 0.0435. The Kier molecular flexibility index (Phi) is 3.94. The normalized spacial score (nSPS) is 11.4. The first-order chi connectivity index (χ1) is 15.7. The summed E-state index contributed by atoms with van der Waals surface area (Å²) in [5.41, 5.74) is 10.4. The third-order valence-electron chi connectivity index (χ3n) is 5.26. The van der Waals surface area contributed by atoms with Gasteiger partial charge in [-0.15, -0.1) is 5.10 Å². The zero-order valence-electron chi connectivity index (χ0n) is 16.9. The molecule has 9 nitrogen and oxygen atoms in total. The van der Waals surface area contributed by atoms with Crippen LogP contribution in [0.4, 0.5) is 5.95 Å². The zero-order chi connectivity index (χ0) is 21.7. The maximum atomic E-state index is 6.12. The average molecular weight is 424 g/mol. The molecule has 0 bridgehead atoms. The van der Waals surface area contributed by atoms with Gasteiger partial charge in [-0.2, -0.15) is 9.67 Å². The highest BCUT2D eigenvalue weighted by atomic mass is 16.5. The fourth-order valence-electron chi connectivity index (χ4n) is 3.79. The van der Waals surface area contributed by atoms with E-state index in [1.165, 1.54) is 0 Å². The van der Waals surface area contributed by atoms with Crippen molar-refractivity contribution in [3.8, 4) is 34.1 Å². The van der Waals surface area contributed by atoms with E-state index in [1.807, 2.05) is 48.5 Å². The molecule has 32 heavy (non-hydrogen) atoms. The second kappa shape index (κ2) is 6.95. The summed E-state index contributed by atoms with van der Waals surface area (Å²) in [6.45, 7) is 0. The van der Waals surface area contributed by atoms with Gasteiger partial charge in [0.25, 0.3) is 0 Å². The maximum absolute atomic E-state index is 6.12. The Morgan fingerprint density at radius 3 is 2.75 bits per heavy atom. The first-order valence-electron chi connectivity index (χ1n) is 9.80. The van der Waals surface area contributed by atoms with E-state index in [0.29, 0.717) is 34.1 Å². The van der Waals surface area contributed by atoms with Crippen molar-refractivity contribution in [3.05, 3.63) is 67.1 Å². The number of ether oxygens (including phenoxy) is 1. The molecule has 0 aliphatic rings. The number of hydrogen-bond donors (Lipinski definition) is 1. The molecule has 0 aliphatic carbocycles. The van der Waals surface area contributed by atoms with Gasteiger partial charge < -0.3 is 19.3 Å². The highest BCUT2D eigenvalue weighted by molar-refractivity contribution is 5.91. The van der Waals surface area contributed by atoms with Crippen molar-refractivity contribution in [3.63, 3.8) is 0 Å². The number of furan rings is 2. The minimum atomic E-state index is 0.0942. The van der Waals surface area contributed by atoms with E-state index in [-0.39, 0.29) is 5.95 Å². The third kappa shape index (κ3) is 2.79. The first-order valence-corrected chi connectivity index (χ1v) is 9.80. The van der Waals surface area contributed by atoms with E-state index in [2.05, 4.69) is 20.3 Å². The van der Waals surface area contributed by atoms with E-state index >= 15 is 0 Å². The molecule has 9 heteroatoms. The van der Waals surface area contributed by atoms with Gasteiger partial charge in [-0.1, -0.05) is 11.3 Å². The Morgan fingerprint density at radius 1 is 0.969 bits per heavy atom. The van der Waals surface area contributed by atoms with Gasteiger partial charge in [0.1, 0.15) is 22.5 Å². The molecule has 0 atom stereocenters. The van der Waals surface area contributed by atoms with E-state index in [0.717, 1.165) is 22.0 Å². The Bertz CT molecular complexity index is 1580. The molecule has 4 heterocycles. The summed E-state index contributed by atoms with van der Waals surface area (Å²) >= 11 is 0. The van der Waals surface area contributed by atoms with E-state index in [1.54, 1.807) is 30.4 Å². The lowest BCUT2D eigenvalue weighted by Crippen LogP contribution is -2.08. The molecule has 0 radical (unpaired) electrons. The molecule has 0 aliphatic heterocycles. The molecule has 0 unspecified atom stereocenters. The van der Waals surface area contributed by atoms with Crippen LogP contribution in [-0.2, 0) is 0 Å². The topological polar surface area (TPSA) is 118 Å². The van der Waals surface area contributed by atoms with Crippen LogP contribution >= 0.6 is 0 Å². The van der Waals surface area contributed by atoms with Crippen LogP contribution in [0.5, 0.6) is 5.75 Å². The quantitative estimate of drug-likeness (QED) is 0.440. The monoisotopic (exact) mass is 424 g/mol. The van der Waals surface area contributed by atoms with Gasteiger partial charge in [0, 0.05) is 11.5 Å². The summed E-state index contributed by atoms with van der Waals surface area (Å²) in [6, 6.07) is 16.9. The molecule has 6 aromatic rings. The van der Waals surface area contributed by atoms with Crippen LogP contribution in [0.3, 0.4) is 0 Å². The Labute approximate surface area is 181 Å². The summed E-state index contributed by atoms with van der Waals surface area (Å²) < 4.78 is 18.1. The molecule has 2 aromatic carbocycles. The van der Waals surface area contributed by atoms with Crippen molar-refractivity contribution >= 4 is 28.0 Å². The van der Waals surface area contributed by atoms with Gasteiger partial charge in [-0.25, -0.2) is 4.98 Å². The Morgan fingerprint density at radius 2 is 1.91 bits per heavy atom. The highest BCUT2D eigenvalue weighted by Gasteiger charge is 2.23. The number of nitrogens with two attached hydrogens (primary N) is 1. The van der Waals surface area contributed by atoms with Gasteiger partial charge in [-0.05, 0) is 48.0 Å². The van der Waals surface area contributed by atoms with Crippen LogP contribution in [0.15, 0.2) is 76.0 Å². The number of fused-ring (bicyclic) bond motifs is 2. The number of anilines is 1. The van der Waals surface area contributed by atoms with Crippen LogP contribution < -0.4 is 10.5 Å². The van der Waals surface area contributed by atoms with Crippen LogP contribution in [0.25, 0.3) is 50.4 Å². The number of benzene rings is 2. The van der Waals surface area contributed by atoms with Crippen molar-refractivity contribution in [2.75, 3.05) is 12.8 Å². The number of rotatable bonds is 4. The Balaban J connectivity index is 1.68. The molecule has 0 amide bonds. The molecule has 0 saturated heterocycles. The van der Waals surface area contributed by atoms with Gasteiger partial charge in [0.2, 0.25) is 5.95 Å². The third-order valence-corrected chi connectivity index (χ3v) is 5.26. The average Bonchev–Trinajstić information content (AvgIpc) is 3.58. The van der Waals surface area contributed by atoms with Gasteiger partial charge in [0.15, 0.2) is 11.6 Å². The SMILES string of the molecule is COc1ccc2c(c1)nnn2-c1nc(N)nc(-c2ccco2)c1-c1ccc2occc2c1. The molecule has 0 fully saturated rings. The fourth-order valence-corrected chi connectivity index (χ4v) is 3.79. The van der Waals surface area contributed by atoms with Gasteiger partial charge in [0.05, 0.1) is 30.7 Å². The second-order valence-corrected chi connectivity index (χ2v) is 7.14. The summed E-state index contributed by atoms with van der Waals surface area (Å²) in [5.74, 6) is 1.83. The molecular formula is C23H16N6O3. The maximum Gasteiger partial charge on any atom is 0.222 e. The van der Waals surface area contributed by atoms with Crippen molar-refractivity contribution in [2.45, 2.75) is 0 Å². The zero-order valence-corrected chi connectivity index (χ0v) is 16.9. The molecule has 0 saturated carbocycles. The number of aromatic nitrogens is 5.